The van der Waals surface area contributed by atoms with Crippen LogP contribution in [0.3, 0.4) is 0 Å². The molecule has 2 aromatic rings. The summed E-state index contributed by atoms with van der Waals surface area (Å²) >= 11 is 1.67. The van der Waals surface area contributed by atoms with Crippen molar-refractivity contribution >= 4 is 22.9 Å². The molecule has 5 heteroatoms. The van der Waals surface area contributed by atoms with Crippen molar-refractivity contribution in [2.75, 3.05) is 18.5 Å². The Kier molecular flexibility index (Phi) is 5.26. The number of anilines is 1. The number of ether oxygens (including phenoxy) is 1. The summed E-state index contributed by atoms with van der Waals surface area (Å²) in [7, 11) is 0. The van der Waals surface area contributed by atoms with Gasteiger partial charge in [-0.1, -0.05) is 6.92 Å². The first-order valence-corrected chi connectivity index (χ1v) is 7.46. The van der Waals surface area contributed by atoms with Crippen molar-refractivity contribution in [2.45, 2.75) is 20.3 Å². The van der Waals surface area contributed by atoms with Gasteiger partial charge in [0.1, 0.15) is 6.61 Å². The fourth-order valence-electron chi connectivity index (χ4n) is 1.80. The van der Waals surface area contributed by atoms with Crippen LogP contribution in [0.1, 0.15) is 18.2 Å². The van der Waals surface area contributed by atoms with Crippen molar-refractivity contribution in [1.29, 1.82) is 0 Å². The number of aromatic nitrogens is 1. The molecule has 106 valence electrons. The maximum Gasteiger partial charge on any atom is 0.250 e. The monoisotopic (exact) mass is 290 g/mol. The number of nitrogens with one attached hydrogen (secondary N) is 1. The first-order valence-electron chi connectivity index (χ1n) is 6.59. The number of thiophene rings is 1. The molecule has 2 rings (SSSR count). The number of hydrogen-bond donors (Lipinski definition) is 1. The minimum atomic E-state index is -0.153. The van der Waals surface area contributed by atoms with Gasteiger partial charge in [0.25, 0.3) is 0 Å². The highest BCUT2D eigenvalue weighted by Gasteiger charge is 2.10. The van der Waals surface area contributed by atoms with Crippen LogP contribution in [0, 0.1) is 6.92 Å². The second-order valence-corrected chi connectivity index (χ2v) is 5.56. The minimum absolute atomic E-state index is 0.0742. The van der Waals surface area contributed by atoms with Crippen molar-refractivity contribution in [3.05, 3.63) is 34.7 Å². The Bertz CT molecular complexity index is 581. The molecule has 0 atom stereocenters. The van der Waals surface area contributed by atoms with Crippen molar-refractivity contribution in [3.63, 3.8) is 0 Å². The van der Waals surface area contributed by atoms with E-state index in [2.05, 4.69) is 16.4 Å². The number of pyridine rings is 1. The Morgan fingerprint density at radius 2 is 2.35 bits per heavy atom. The van der Waals surface area contributed by atoms with Gasteiger partial charge in [-0.15, -0.1) is 11.3 Å². The lowest BCUT2D eigenvalue weighted by Crippen LogP contribution is -2.19. The molecule has 0 saturated carbocycles. The molecule has 2 aromatic heterocycles. The highest BCUT2D eigenvalue weighted by atomic mass is 32.1. The normalized spacial score (nSPS) is 10.5. The van der Waals surface area contributed by atoms with Crippen molar-refractivity contribution in [1.82, 2.24) is 4.98 Å². The van der Waals surface area contributed by atoms with Crippen LogP contribution in [0.25, 0.3) is 11.3 Å². The Morgan fingerprint density at radius 3 is 3.05 bits per heavy atom. The Balaban J connectivity index is 2.10. The third-order valence-corrected chi connectivity index (χ3v) is 3.53. The highest BCUT2D eigenvalue weighted by molar-refractivity contribution is 7.10. The molecule has 2 heterocycles. The Labute approximate surface area is 122 Å². The van der Waals surface area contributed by atoms with Gasteiger partial charge in [0, 0.05) is 28.6 Å². The summed E-state index contributed by atoms with van der Waals surface area (Å²) in [4.78, 5) is 17.4. The quantitative estimate of drug-likeness (QED) is 0.829. The second-order valence-electron chi connectivity index (χ2n) is 4.45. The lowest BCUT2D eigenvalue weighted by atomic mass is 10.2. The summed E-state index contributed by atoms with van der Waals surface area (Å²) in [5, 5.41) is 4.90. The number of nitrogens with zero attached hydrogens (tertiary/aromatic N) is 1. The first kappa shape index (κ1) is 14.7. The smallest absolute Gasteiger partial charge is 0.250 e. The fraction of sp³-hybridized carbons (Fsp3) is 0.333. The zero-order valence-electron chi connectivity index (χ0n) is 11.7. The first-order chi connectivity index (χ1) is 9.70. The summed E-state index contributed by atoms with van der Waals surface area (Å²) in [6, 6.07) is 5.73. The molecule has 1 N–H and O–H groups in total. The molecule has 0 aliphatic rings. The predicted molar refractivity (Wildman–Crippen MR) is 82.0 cm³/mol. The number of aryl methyl sites for hydroxylation is 1. The van der Waals surface area contributed by atoms with Crippen LogP contribution in [0.5, 0.6) is 0 Å². The van der Waals surface area contributed by atoms with Gasteiger partial charge in [-0.05, 0) is 31.5 Å². The molecule has 0 radical (unpaired) electrons. The van der Waals surface area contributed by atoms with Crippen molar-refractivity contribution in [3.8, 4) is 11.3 Å². The third kappa shape index (κ3) is 3.88. The average Bonchev–Trinajstić information content (AvgIpc) is 2.86. The van der Waals surface area contributed by atoms with Crippen LogP contribution in [0.2, 0.25) is 0 Å². The maximum atomic E-state index is 11.8. The molecule has 1 amide bonds. The number of hydrogen-bond acceptors (Lipinski definition) is 4. The summed E-state index contributed by atoms with van der Waals surface area (Å²) in [5.74, 6) is -0.153. The Morgan fingerprint density at radius 1 is 1.50 bits per heavy atom. The summed E-state index contributed by atoms with van der Waals surface area (Å²) in [5.41, 5.74) is 2.54. The van der Waals surface area contributed by atoms with Crippen LogP contribution < -0.4 is 5.32 Å². The van der Waals surface area contributed by atoms with Gasteiger partial charge in [0.15, 0.2) is 0 Å². The maximum absolute atomic E-state index is 11.8. The van der Waals surface area contributed by atoms with Crippen molar-refractivity contribution < 1.29 is 9.53 Å². The third-order valence-electron chi connectivity index (χ3n) is 2.67. The zero-order chi connectivity index (χ0) is 14.4. The van der Waals surface area contributed by atoms with E-state index in [1.165, 1.54) is 4.88 Å². The van der Waals surface area contributed by atoms with Gasteiger partial charge >= 0.3 is 0 Å². The van der Waals surface area contributed by atoms with Crippen LogP contribution in [-0.4, -0.2) is 24.1 Å². The van der Waals surface area contributed by atoms with E-state index in [9.17, 15) is 4.79 Å². The molecule has 0 aliphatic carbocycles. The average molecular weight is 290 g/mol. The van der Waals surface area contributed by atoms with Gasteiger partial charge in [0.2, 0.25) is 5.91 Å². The molecule has 0 unspecified atom stereocenters. The molecule has 0 spiro atoms. The van der Waals surface area contributed by atoms with E-state index < -0.39 is 0 Å². The molecule has 0 fully saturated rings. The molecule has 0 aromatic carbocycles. The zero-order valence-corrected chi connectivity index (χ0v) is 12.5. The van der Waals surface area contributed by atoms with Gasteiger partial charge in [-0.2, -0.15) is 0 Å². The largest absolute Gasteiger partial charge is 0.372 e. The van der Waals surface area contributed by atoms with Crippen LogP contribution in [0.15, 0.2) is 29.8 Å². The second kappa shape index (κ2) is 7.17. The molecule has 20 heavy (non-hydrogen) atoms. The van der Waals surface area contributed by atoms with Crippen LogP contribution in [0.4, 0.5) is 5.69 Å². The van der Waals surface area contributed by atoms with E-state index in [1.807, 2.05) is 31.4 Å². The minimum Gasteiger partial charge on any atom is -0.372 e. The molecular weight excluding hydrogens is 272 g/mol. The number of carbonyl (C=O) groups is 1. The lowest BCUT2D eigenvalue weighted by Gasteiger charge is -2.09. The van der Waals surface area contributed by atoms with Gasteiger partial charge in [0.05, 0.1) is 11.4 Å². The Hall–Kier alpha value is -1.72. The van der Waals surface area contributed by atoms with Gasteiger partial charge in [-0.25, -0.2) is 0 Å². The van der Waals surface area contributed by atoms with Crippen LogP contribution >= 0.6 is 11.3 Å². The van der Waals surface area contributed by atoms with E-state index in [0.29, 0.717) is 6.61 Å². The molecule has 0 saturated heterocycles. The summed E-state index contributed by atoms with van der Waals surface area (Å²) in [6.45, 7) is 4.73. The molecule has 0 bridgehead atoms. The SMILES string of the molecule is CCCOCC(=O)Nc1cccnc1-c1csc(C)c1. The number of amides is 1. The lowest BCUT2D eigenvalue weighted by molar-refractivity contribution is -0.120. The van der Waals surface area contributed by atoms with E-state index in [0.717, 1.165) is 23.4 Å². The van der Waals surface area contributed by atoms with Crippen molar-refractivity contribution in [2.24, 2.45) is 0 Å². The van der Waals surface area contributed by atoms with Crippen LogP contribution in [-0.2, 0) is 9.53 Å². The van der Waals surface area contributed by atoms with Gasteiger partial charge < -0.3 is 10.1 Å². The van der Waals surface area contributed by atoms with E-state index in [1.54, 1.807) is 17.5 Å². The van der Waals surface area contributed by atoms with Gasteiger partial charge in [-0.3, -0.25) is 9.78 Å². The summed E-state index contributed by atoms with van der Waals surface area (Å²) in [6.07, 6.45) is 2.63. The predicted octanol–water partition coefficient (Wildman–Crippen LogP) is 3.48. The summed E-state index contributed by atoms with van der Waals surface area (Å²) < 4.78 is 5.24. The highest BCUT2D eigenvalue weighted by Crippen LogP contribution is 2.29. The number of carbonyl (C=O) groups excluding carboxylic acids is 1. The topological polar surface area (TPSA) is 51.2 Å². The standard InChI is InChI=1S/C15H18N2O2S/c1-3-7-19-9-14(18)17-13-5-4-6-16-15(13)12-8-11(2)20-10-12/h4-6,8,10H,3,7,9H2,1-2H3,(H,17,18). The van der Waals surface area contributed by atoms with E-state index >= 15 is 0 Å². The fourth-order valence-corrected chi connectivity index (χ4v) is 2.49. The molecule has 0 aliphatic heterocycles. The molecule has 4 nitrogen and oxygen atoms in total. The van der Waals surface area contributed by atoms with E-state index in [-0.39, 0.29) is 12.5 Å². The number of rotatable bonds is 6. The molecular formula is C15H18N2O2S. The van der Waals surface area contributed by atoms with E-state index in [4.69, 9.17) is 4.74 Å².